The van der Waals surface area contributed by atoms with Crippen LogP contribution >= 0.6 is 12.0 Å². The third kappa shape index (κ3) is 4.51. The maximum atomic E-state index is 5.11. The Labute approximate surface area is 106 Å². The predicted octanol–water partition coefficient (Wildman–Crippen LogP) is 3.89. The number of aryl methyl sites for hydroxylation is 1. The number of benzene rings is 2. The van der Waals surface area contributed by atoms with Gasteiger partial charge >= 0.3 is 0 Å². The maximum absolute atomic E-state index is 5.11. The van der Waals surface area contributed by atoms with Crippen LogP contribution in [0.1, 0.15) is 5.56 Å². The van der Waals surface area contributed by atoms with E-state index in [1.54, 1.807) is 0 Å². The summed E-state index contributed by atoms with van der Waals surface area (Å²) in [6, 6.07) is 19.8. The lowest BCUT2D eigenvalue weighted by atomic mass is 10.2. The molecule has 0 radical (unpaired) electrons. The largest absolute Gasteiger partial charge is 0.325 e. The average molecular weight is 246 g/mol. The summed E-state index contributed by atoms with van der Waals surface area (Å²) in [5.74, 6) is 1.59. The molecule has 0 spiro atoms. The molecule has 0 saturated heterocycles. The Kier molecular flexibility index (Phi) is 4.94. The highest BCUT2D eigenvalue weighted by Crippen LogP contribution is 2.13. The van der Waals surface area contributed by atoms with Gasteiger partial charge < -0.3 is 4.89 Å². The maximum Gasteiger partial charge on any atom is 0.166 e. The monoisotopic (exact) mass is 246 g/mol. The summed E-state index contributed by atoms with van der Waals surface area (Å²) in [5, 5.41) is 0. The Bertz CT molecular complexity index is 375. The van der Waals surface area contributed by atoms with Crippen molar-refractivity contribution in [3.63, 3.8) is 0 Å². The number of hydrogen-bond donors (Lipinski definition) is 0. The summed E-state index contributed by atoms with van der Waals surface area (Å²) in [6.45, 7) is 0. The van der Waals surface area contributed by atoms with Gasteiger partial charge in [0.1, 0.15) is 0 Å². The molecule has 0 unspecified atom stereocenters. The SMILES string of the molecule is c1ccc(CCSOOc2ccccc2)cc1. The predicted molar refractivity (Wildman–Crippen MR) is 70.8 cm³/mol. The topological polar surface area (TPSA) is 18.5 Å². The molecule has 0 aromatic heterocycles. The minimum atomic E-state index is 0.722. The van der Waals surface area contributed by atoms with Crippen molar-refractivity contribution < 1.29 is 9.22 Å². The van der Waals surface area contributed by atoms with E-state index in [0.29, 0.717) is 0 Å². The van der Waals surface area contributed by atoms with Crippen LogP contribution in [0.4, 0.5) is 0 Å². The summed E-state index contributed by atoms with van der Waals surface area (Å²) < 4.78 is 5.06. The smallest absolute Gasteiger partial charge is 0.166 e. The highest BCUT2D eigenvalue weighted by Gasteiger charge is 1.95. The van der Waals surface area contributed by atoms with Crippen LogP contribution in [-0.4, -0.2) is 5.75 Å². The summed E-state index contributed by atoms with van der Waals surface area (Å²) in [4.78, 5) is 5.11. The normalized spacial score (nSPS) is 10.1. The van der Waals surface area contributed by atoms with Gasteiger partial charge in [0.05, 0.1) is 0 Å². The number of hydrogen-bond acceptors (Lipinski definition) is 3. The van der Waals surface area contributed by atoms with E-state index in [2.05, 4.69) is 12.1 Å². The fraction of sp³-hybridized carbons (Fsp3) is 0.143. The molecule has 2 nitrogen and oxygen atoms in total. The first kappa shape index (κ1) is 12.0. The van der Waals surface area contributed by atoms with Crippen molar-refractivity contribution in [2.75, 3.05) is 5.75 Å². The van der Waals surface area contributed by atoms with Crippen molar-refractivity contribution in [1.82, 2.24) is 0 Å². The fourth-order valence-corrected chi connectivity index (χ4v) is 1.89. The van der Waals surface area contributed by atoms with Crippen molar-refractivity contribution in [2.45, 2.75) is 6.42 Å². The molecule has 0 fully saturated rings. The molecule has 2 aromatic rings. The summed E-state index contributed by atoms with van der Waals surface area (Å²) >= 11 is 1.32. The minimum absolute atomic E-state index is 0.722. The van der Waals surface area contributed by atoms with Crippen molar-refractivity contribution in [2.24, 2.45) is 0 Å². The van der Waals surface area contributed by atoms with E-state index in [1.165, 1.54) is 17.6 Å². The van der Waals surface area contributed by atoms with Crippen LogP contribution in [0.15, 0.2) is 60.7 Å². The molecule has 0 heterocycles. The van der Waals surface area contributed by atoms with Crippen LogP contribution in [-0.2, 0) is 10.8 Å². The van der Waals surface area contributed by atoms with E-state index >= 15 is 0 Å². The molecule has 0 N–H and O–H groups in total. The average Bonchev–Trinajstić information content (AvgIpc) is 2.41. The third-order valence-electron chi connectivity index (χ3n) is 2.24. The first-order valence-corrected chi connectivity index (χ1v) is 6.41. The van der Waals surface area contributed by atoms with Gasteiger partial charge in [0.25, 0.3) is 0 Å². The van der Waals surface area contributed by atoms with Gasteiger partial charge in [-0.05, 0) is 24.1 Å². The zero-order chi connectivity index (χ0) is 11.8. The van der Waals surface area contributed by atoms with E-state index < -0.39 is 0 Å². The zero-order valence-electron chi connectivity index (χ0n) is 9.41. The Balaban J connectivity index is 1.61. The lowest BCUT2D eigenvalue weighted by Crippen LogP contribution is -1.93. The number of para-hydroxylation sites is 1. The second-order valence-electron chi connectivity index (χ2n) is 3.52. The van der Waals surface area contributed by atoms with Crippen molar-refractivity contribution in [3.05, 3.63) is 66.2 Å². The van der Waals surface area contributed by atoms with Crippen molar-refractivity contribution in [1.29, 1.82) is 0 Å². The van der Waals surface area contributed by atoms with Gasteiger partial charge in [0, 0.05) is 17.8 Å². The zero-order valence-corrected chi connectivity index (χ0v) is 10.2. The van der Waals surface area contributed by atoms with Crippen LogP contribution in [0.5, 0.6) is 5.75 Å². The van der Waals surface area contributed by atoms with Crippen LogP contribution < -0.4 is 4.89 Å². The van der Waals surface area contributed by atoms with E-state index in [9.17, 15) is 0 Å². The van der Waals surface area contributed by atoms with Gasteiger partial charge in [-0.25, -0.2) is 0 Å². The standard InChI is InChI=1S/C14H14O2S/c1-3-7-13(8-4-1)11-12-17-16-15-14-9-5-2-6-10-14/h1-10H,11-12H2. The van der Waals surface area contributed by atoms with Crippen molar-refractivity contribution >= 4 is 12.0 Å². The van der Waals surface area contributed by atoms with Gasteiger partial charge in [0.15, 0.2) is 5.75 Å². The highest BCUT2D eigenvalue weighted by molar-refractivity contribution is 7.94. The second kappa shape index (κ2) is 6.99. The lowest BCUT2D eigenvalue weighted by molar-refractivity contribution is -0.0776. The molecule has 3 heteroatoms. The van der Waals surface area contributed by atoms with E-state index in [0.717, 1.165) is 17.9 Å². The molecular weight excluding hydrogens is 232 g/mol. The molecule has 17 heavy (non-hydrogen) atoms. The molecule has 2 rings (SSSR count). The van der Waals surface area contributed by atoms with Crippen LogP contribution in [0.3, 0.4) is 0 Å². The van der Waals surface area contributed by atoms with E-state index in [4.69, 9.17) is 9.22 Å². The summed E-state index contributed by atoms with van der Waals surface area (Å²) in [6.07, 6.45) is 0.976. The first-order chi connectivity index (χ1) is 8.45. The lowest BCUT2D eigenvalue weighted by Gasteiger charge is -2.03. The fourth-order valence-electron chi connectivity index (χ4n) is 1.38. The van der Waals surface area contributed by atoms with Gasteiger partial charge in [-0.15, -0.1) is 4.33 Å². The van der Waals surface area contributed by atoms with Gasteiger partial charge in [-0.1, -0.05) is 48.5 Å². The quantitative estimate of drug-likeness (QED) is 0.333. The highest BCUT2D eigenvalue weighted by atomic mass is 32.2. The van der Waals surface area contributed by atoms with Crippen LogP contribution in [0, 0.1) is 0 Å². The van der Waals surface area contributed by atoms with Gasteiger partial charge in [0.2, 0.25) is 0 Å². The minimum Gasteiger partial charge on any atom is -0.325 e. The summed E-state index contributed by atoms with van der Waals surface area (Å²) in [5.41, 5.74) is 1.31. The third-order valence-corrected chi connectivity index (χ3v) is 2.77. The molecule has 0 aliphatic carbocycles. The van der Waals surface area contributed by atoms with E-state index in [1.807, 2.05) is 48.5 Å². The van der Waals surface area contributed by atoms with Crippen LogP contribution in [0.25, 0.3) is 0 Å². The molecule has 0 amide bonds. The molecule has 0 aliphatic heterocycles. The Morgan fingerprint density at radius 2 is 1.47 bits per heavy atom. The Morgan fingerprint density at radius 3 is 2.18 bits per heavy atom. The molecule has 0 atom stereocenters. The Morgan fingerprint density at radius 1 is 0.824 bits per heavy atom. The molecule has 0 saturated carbocycles. The van der Waals surface area contributed by atoms with Gasteiger partial charge in [-0.2, -0.15) is 0 Å². The van der Waals surface area contributed by atoms with E-state index in [-0.39, 0.29) is 0 Å². The number of rotatable bonds is 6. The second-order valence-corrected chi connectivity index (χ2v) is 4.30. The molecule has 0 bridgehead atoms. The summed E-state index contributed by atoms with van der Waals surface area (Å²) in [7, 11) is 0. The molecule has 88 valence electrons. The van der Waals surface area contributed by atoms with Gasteiger partial charge in [-0.3, -0.25) is 0 Å². The van der Waals surface area contributed by atoms with Crippen LogP contribution in [0.2, 0.25) is 0 Å². The molecular formula is C14H14O2S. The van der Waals surface area contributed by atoms with Crippen molar-refractivity contribution in [3.8, 4) is 5.75 Å². The molecule has 2 aromatic carbocycles. The molecule has 0 aliphatic rings. The Hall–Kier alpha value is -1.45. The first-order valence-electron chi connectivity index (χ1n) is 5.50.